The van der Waals surface area contributed by atoms with E-state index < -0.39 is 0 Å². The van der Waals surface area contributed by atoms with E-state index in [-0.39, 0.29) is 6.61 Å². The molecule has 1 aromatic carbocycles. The first-order chi connectivity index (χ1) is 10.2. The summed E-state index contributed by atoms with van der Waals surface area (Å²) in [5.41, 5.74) is 2.29. The molecule has 1 aromatic rings. The minimum absolute atomic E-state index is 0.113. The van der Waals surface area contributed by atoms with Gasteiger partial charge in [0.2, 0.25) is 0 Å². The largest absolute Gasteiger partial charge is 0.395 e. The third-order valence-electron chi connectivity index (χ3n) is 3.65. The molecular formula is C18H27NO2. The van der Waals surface area contributed by atoms with E-state index in [0.717, 1.165) is 31.7 Å². The zero-order valence-electron chi connectivity index (χ0n) is 13.4. The molecule has 1 N–H and O–H groups in total. The lowest BCUT2D eigenvalue weighted by Crippen LogP contribution is -2.35. The van der Waals surface area contributed by atoms with E-state index in [1.165, 1.54) is 5.56 Å². The summed E-state index contributed by atoms with van der Waals surface area (Å²) in [6.07, 6.45) is 1.63. The number of aliphatic hydroxyl groups is 1. The number of hydrogen-bond acceptors (Lipinski definition) is 3. The Morgan fingerprint density at radius 3 is 2.76 bits per heavy atom. The van der Waals surface area contributed by atoms with E-state index >= 15 is 0 Å². The molecule has 0 saturated heterocycles. The fraction of sp³-hybridized carbons (Fsp3) is 0.556. The lowest BCUT2D eigenvalue weighted by molar-refractivity contribution is 0.118. The van der Waals surface area contributed by atoms with Crippen LogP contribution in [0.5, 0.6) is 0 Å². The van der Waals surface area contributed by atoms with Crippen molar-refractivity contribution in [1.82, 2.24) is 4.90 Å². The third kappa shape index (κ3) is 6.31. The number of nitrogens with zero attached hydrogens (tertiary/aromatic N) is 1. The van der Waals surface area contributed by atoms with Crippen LogP contribution in [0.2, 0.25) is 0 Å². The van der Waals surface area contributed by atoms with E-state index in [2.05, 4.69) is 42.7 Å². The maximum absolute atomic E-state index is 8.84. The maximum Gasteiger partial charge on any atom is 0.0589 e. The highest BCUT2D eigenvalue weighted by molar-refractivity contribution is 5.41. The van der Waals surface area contributed by atoms with E-state index in [4.69, 9.17) is 9.84 Å². The van der Waals surface area contributed by atoms with E-state index in [0.29, 0.717) is 12.5 Å². The Bertz CT molecular complexity index is 462. The monoisotopic (exact) mass is 289 g/mol. The molecule has 0 bridgehead atoms. The molecule has 3 nitrogen and oxygen atoms in total. The molecule has 0 aliphatic heterocycles. The van der Waals surface area contributed by atoms with Gasteiger partial charge in [0.25, 0.3) is 0 Å². The fourth-order valence-electron chi connectivity index (χ4n) is 2.13. The van der Waals surface area contributed by atoms with Gasteiger partial charge in [-0.05, 0) is 25.0 Å². The number of methoxy groups -OCH3 is 1. The summed E-state index contributed by atoms with van der Waals surface area (Å²) < 4.78 is 5.22. The van der Waals surface area contributed by atoms with Crippen LogP contribution in [-0.2, 0) is 11.3 Å². The first-order valence-corrected chi connectivity index (χ1v) is 7.63. The molecule has 0 aliphatic carbocycles. The van der Waals surface area contributed by atoms with Crippen LogP contribution in [0.1, 0.15) is 37.8 Å². The Labute approximate surface area is 128 Å². The van der Waals surface area contributed by atoms with Gasteiger partial charge in [-0.15, -0.1) is 0 Å². The lowest BCUT2D eigenvalue weighted by atomic mass is 10.1. The second-order valence-corrected chi connectivity index (χ2v) is 5.15. The Morgan fingerprint density at radius 2 is 2.10 bits per heavy atom. The summed E-state index contributed by atoms with van der Waals surface area (Å²) in [4.78, 5) is 2.43. The molecule has 0 spiro atoms. The zero-order valence-corrected chi connectivity index (χ0v) is 13.4. The standard InChI is InChI=1S/C18H27NO2/c1-4-16(2)19(12-14-21-3)15-18-11-6-5-9-17(18)10-7-8-13-20/h5-6,9,11,16,20H,4,8,12-15H2,1-3H3. The second kappa shape index (κ2) is 10.4. The Balaban J connectivity index is 2.85. The average Bonchev–Trinajstić information content (AvgIpc) is 2.52. The van der Waals surface area contributed by atoms with Crippen molar-refractivity contribution < 1.29 is 9.84 Å². The minimum atomic E-state index is 0.113. The van der Waals surface area contributed by atoms with Gasteiger partial charge in [-0.3, -0.25) is 4.90 Å². The molecule has 21 heavy (non-hydrogen) atoms. The van der Waals surface area contributed by atoms with Crippen molar-refractivity contribution in [2.24, 2.45) is 0 Å². The number of ether oxygens (including phenoxy) is 1. The van der Waals surface area contributed by atoms with Crippen LogP contribution in [0.4, 0.5) is 0 Å². The molecule has 1 unspecified atom stereocenters. The average molecular weight is 289 g/mol. The summed E-state index contributed by atoms with van der Waals surface area (Å²) in [6.45, 7) is 7.10. The fourth-order valence-corrected chi connectivity index (χ4v) is 2.13. The normalized spacial score (nSPS) is 12.0. The predicted octanol–water partition coefficient (Wildman–Crippen LogP) is 2.67. The summed E-state index contributed by atoms with van der Waals surface area (Å²) in [6, 6.07) is 8.75. The van der Waals surface area contributed by atoms with Crippen molar-refractivity contribution in [3.8, 4) is 11.8 Å². The van der Waals surface area contributed by atoms with E-state index in [9.17, 15) is 0 Å². The van der Waals surface area contributed by atoms with Gasteiger partial charge in [-0.2, -0.15) is 0 Å². The van der Waals surface area contributed by atoms with Gasteiger partial charge < -0.3 is 9.84 Å². The molecule has 1 rings (SSSR count). The maximum atomic E-state index is 8.84. The summed E-state index contributed by atoms with van der Waals surface area (Å²) >= 11 is 0. The molecule has 0 aromatic heterocycles. The zero-order chi connectivity index (χ0) is 15.5. The Morgan fingerprint density at radius 1 is 1.33 bits per heavy atom. The van der Waals surface area contributed by atoms with Gasteiger partial charge in [0, 0.05) is 38.2 Å². The molecule has 1 atom stereocenters. The predicted molar refractivity (Wildman–Crippen MR) is 87.1 cm³/mol. The van der Waals surface area contributed by atoms with Crippen LogP contribution >= 0.6 is 0 Å². The third-order valence-corrected chi connectivity index (χ3v) is 3.65. The molecule has 0 fully saturated rings. The molecular weight excluding hydrogens is 262 g/mol. The number of benzene rings is 1. The van der Waals surface area contributed by atoms with Crippen LogP contribution in [0.15, 0.2) is 24.3 Å². The Hall–Kier alpha value is -1.34. The van der Waals surface area contributed by atoms with Crippen LogP contribution in [0.25, 0.3) is 0 Å². The number of hydrogen-bond donors (Lipinski definition) is 1. The minimum Gasteiger partial charge on any atom is -0.395 e. The van der Waals surface area contributed by atoms with Crippen molar-refractivity contribution in [1.29, 1.82) is 0 Å². The second-order valence-electron chi connectivity index (χ2n) is 5.15. The smallest absolute Gasteiger partial charge is 0.0589 e. The molecule has 0 heterocycles. The quantitative estimate of drug-likeness (QED) is 0.747. The van der Waals surface area contributed by atoms with Crippen molar-refractivity contribution in [2.45, 2.75) is 39.3 Å². The van der Waals surface area contributed by atoms with Crippen molar-refractivity contribution in [3.05, 3.63) is 35.4 Å². The molecule has 116 valence electrons. The highest BCUT2D eigenvalue weighted by Gasteiger charge is 2.13. The molecule has 0 radical (unpaired) electrons. The number of aliphatic hydroxyl groups excluding tert-OH is 1. The van der Waals surface area contributed by atoms with Gasteiger partial charge >= 0.3 is 0 Å². The van der Waals surface area contributed by atoms with Gasteiger partial charge in [-0.1, -0.05) is 37.0 Å². The van der Waals surface area contributed by atoms with E-state index in [1.54, 1.807) is 7.11 Å². The van der Waals surface area contributed by atoms with Gasteiger partial charge in [-0.25, -0.2) is 0 Å². The summed E-state index contributed by atoms with van der Waals surface area (Å²) in [5.74, 6) is 6.17. The van der Waals surface area contributed by atoms with Crippen LogP contribution in [0.3, 0.4) is 0 Å². The highest BCUT2D eigenvalue weighted by atomic mass is 16.5. The molecule has 3 heteroatoms. The summed E-state index contributed by atoms with van der Waals surface area (Å²) in [7, 11) is 1.74. The molecule has 0 amide bonds. The van der Waals surface area contributed by atoms with Crippen molar-refractivity contribution >= 4 is 0 Å². The van der Waals surface area contributed by atoms with Gasteiger partial charge in [0.05, 0.1) is 13.2 Å². The topological polar surface area (TPSA) is 32.7 Å². The first kappa shape index (κ1) is 17.7. The van der Waals surface area contributed by atoms with Crippen molar-refractivity contribution in [2.75, 3.05) is 26.9 Å². The van der Waals surface area contributed by atoms with Crippen LogP contribution < -0.4 is 0 Å². The molecule has 0 saturated carbocycles. The first-order valence-electron chi connectivity index (χ1n) is 7.63. The summed E-state index contributed by atoms with van der Waals surface area (Å²) in [5, 5.41) is 8.84. The molecule has 0 aliphatic rings. The van der Waals surface area contributed by atoms with Gasteiger partial charge in [0.1, 0.15) is 0 Å². The van der Waals surface area contributed by atoms with Crippen molar-refractivity contribution in [3.63, 3.8) is 0 Å². The van der Waals surface area contributed by atoms with E-state index in [1.807, 2.05) is 12.1 Å². The lowest BCUT2D eigenvalue weighted by Gasteiger charge is -2.28. The van der Waals surface area contributed by atoms with Crippen LogP contribution in [-0.4, -0.2) is 42.9 Å². The Kier molecular flexibility index (Phi) is 8.77. The number of rotatable bonds is 8. The highest BCUT2D eigenvalue weighted by Crippen LogP contribution is 2.14. The SMILES string of the molecule is CCC(C)N(CCOC)Cc1ccccc1C#CCCO. The van der Waals surface area contributed by atoms with Gasteiger partial charge in [0.15, 0.2) is 0 Å². The van der Waals surface area contributed by atoms with Crippen LogP contribution in [0, 0.1) is 11.8 Å².